The summed E-state index contributed by atoms with van der Waals surface area (Å²) in [6.45, 7) is 0. The fraction of sp³-hybridized carbons (Fsp3) is 0. The van der Waals surface area contributed by atoms with Gasteiger partial charge in [-0.15, -0.1) is 0 Å². The van der Waals surface area contributed by atoms with Gasteiger partial charge in [-0.1, -0.05) is 18.2 Å². The van der Waals surface area contributed by atoms with Gasteiger partial charge in [0.15, 0.2) is 0 Å². The summed E-state index contributed by atoms with van der Waals surface area (Å²) in [7, 11) is 0. The largest absolute Gasteiger partial charge is 0.333 e. The average Bonchev–Trinajstić information content (AvgIpc) is 2.10. The summed E-state index contributed by atoms with van der Waals surface area (Å²) in [4.78, 5) is 9.59. The van der Waals surface area contributed by atoms with E-state index in [-0.39, 0.29) is 5.69 Å². The maximum Gasteiger partial charge on any atom is 0.269 e. The molecule has 60 valence electrons. The molecule has 1 N–H and O–H groups in total. The molecule has 0 fully saturated rings. The molecule has 0 aliphatic carbocycles. The molecule has 0 amide bonds. The normalized spacial score (nSPS) is 7.82. The van der Waals surface area contributed by atoms with E-state index in [1.165, 1.54) is 12.1 Å². The number of thiol groups is 1. The summed E-state index contributed by atoms with van der Waals surface area (Å²) in [6, 6.07) is 7.93. The van der Waals surface area contributed by atoms with E-state index in [4.69, 9.17) is 4.55 Å². The third-order valence-corrected chi connectivity index (χ3v) is 0.967. The molecule has 0 unspecified atom stereocenters. The first kappa shape index (κ1) is 9.93. The topological polar surface area (TPSA) is 63.4 Å². The molecule has 0 saturated carbocycles. The lowest BCUT2D eigenvalue weighted by atomic mass is 10.3. The van der Waals surface area contributed by atoms with Gasteiger partial charge < -0.3 is 4.55 Å². The Labute approximate surface area is 69.2 Å². The number of hydrogen-bond donors (Lipinski definition) is 2. The number of hydrogen-bond acceptors (Lipinski definition) is 4. The predicted octanol–water partition coefficient (Wildman–Crippen LogP) is 1.98. The van der Waals surface area contributed by atoms with Crippen LogP contribution in [0.15, 0.2) is 30.3 Å². The maximum atomic E-state index is 10.0. The van der Waals surface area contributed by atoms with Crippen LogP contribution in [-0.4, -0.2) is 9.48 Å². The van der Waals surface area contributed by atoms with Crippen molar-refractivity contribution in [2.75, 3.05) is 0 Å². The van der Waals surface area contributed by atoms with Crippen LogP contribution < -0.4 is 0 Å². The lowest BCUT2D eigenvalue weighted by Crippen LogP contribution is -1.84. The zero-order valence-electron chi connectivity index (χ0n) is 5.54. The second kappa shape index (κ2) is 5.70. The van der Waals surface area contributed by atoms with Crippen LogP contribution in [0.25, 0.3) is 0 Å². The third kappa shape index (κ3) is 3.59. The Bertz CT molecular complexity index is 214. The Balaban J connectivity index is 0.000000461. The molecule has 1 aromatic carbocycles. The van der Waals surface area contributed by atoms with Crippen molar-refractivity contribution in [3.63, 3.8) is 0 Å². The molecule has 4 nitrogen and oxygen atoms in total. The number of nitrogens with zero attached hydrogens (tertiary/aromatic N) is 1. The Morgan fingerprint density at radius 2 is 1.73 bits per heavy atom. The third-order valence-electron chi connectivity index (χ3n) is 0.967. The second-order valence-corrected chi connectivity index (χ2v) is 1.59. The number of nitro groups is 1. The molecule has 0 spiro atoms. The minimum atomic E-state index is -0.417. The number of non-ortho nitro benzene ring substituents is 1. The van der Waals surface area contributed by atoms with E-state index in [2.05, 4.69) is 12.9 Å². The van der Waals surface area contributed by atoms with Gasteiger partial charge in [0.25, 0.3) is 5.69 Å². The smallest absolute Gasteiger partial charge is 0.269 e. The van der Waals surface area contributed by atoms with Crippen LogP contribution in [0.2, 0.25) is 0 Å². The summed E-state index contributed by atoms with van der Waals surface area (Å²) < 4.78 is 6.69. The molecule has 11 heavy (non-hydrogen) atoms. The highest BCUT2D eigenvalue weighted by Crippen LogP contribution is 2.06. The van der Waals surface area contributed by atoms with E-state index in [0.717, 1.165) is 0 Å². The molecule has 0 heterocycles. The molecular formula is C6H7NO3S. The highest BCUT2D eigenvalue weighted by Gasteiger charge is 1.98. The monoisotopic (exact) mass is 173 g/mol. The number of para-hydroxylation sites is 1. The van der Waals surface area contributed by atoms with E-state index >= 15 is 0 Å². The molecule has 0 aliphatic heterocycles. The molecule has 0 radical (unpaired) electrons. The first-order chi connectivity index (χ1) is 5.30. The molecule has 1 aromatic rings. The van der Waals surface area contributed by atoms with Gasteiger partial charge in [0.2, 0.25) is 0 Å². The summed E-state index contributed by atoms with van der Waals surface area (Å²) in [6.07, 6.45) is 0. The highest BCUT2D eigenvalue weighted by molar-refractivity contribution is 7.74. The van der Waals surface area contributed by atoms with Crippen molar-refractivity contribution in [3.8, 4) is 0 Å². The summed E-state index contributed by atoms with van der Waals surface area (Å²) >= 11 is 2.53. The fourth-order valence-electron chi connectivity index (χ4n) is 0.550. The van der Waals surface area contributed by atoms with Gasteiger partial charge in [-0.05, 0) is 12.9 Å². The lowest BCUT2D eigenvalue weighted by Gasteiger charge is -1.85. The SMILES string of the molecule is O=[N+]([O-])c1ccccc1.OS. The van der Waals surface area contributed by atoms with Crippen LogP contribution in [-0.2, 0) is 0 Å². The van der Waals surface area contributed by atoms with Gasteiger partial charge in [0, 0.05) is 12.1 Å². The van der Waals surface area contributed by atoms with Crippen molar-refractivity contribution < 1.29 is 9.48 Å². The molecule has 0 aromatic heterocycles. The molecule has 0 bridgehead atoms. The van der Waals surface area contributed by atoms with Gasteiger partial charge >= 0.3 is 0 Å². The van der Waals surface area contributed by atoms with Crippen molar-refractivity contribution in [2.45, 2.75) is 0 Å². The van der Waals surface area contributed by atoms with Crippen molar-refractivity contribution in [1.82, 2.24) is 0 Å². The van der Waals surface area contributed by atoms with Crippen LogP contribution in [0.5, 0.6) is 0 Å². The zero-order valence-corrected chi connectivity index (χ0v) is 6.44. The van der Waals surface area contributed by atoms with Crippen molar-refractivity contribution in [1.29, 1.82) is 0 Å². The molecule has 0 aliphatic rings. The Morgan fingerprint density at radius 1 is 1.27 bits per heavy atom. The van der Waals surface area contributed by atoms with Gasteiger partial charge in [-0.2, -0.15) is 0 Å². The Morgan fingerprint density at radius 3 is 2.00 bits per heavy atom. The minimum absolute atomic E-state index is 0.137. The number of nitro benzene ring substituents is 1. The van der Waals surface area contributed by atoms with Crippen LogP contribution in [0, 0.1) is 10.1 Å². The summed E-state index contributed by atoms with van der Waals surface area (Å²) in [5.41, 5.74) is 0.137. The standard InChI is InChI=1S/C6H5NO2.H2OS/c8-7(9)6-4-2-1-3-5-6;1-2/h1-5H;1-2H. The van der Waals surface area contributed by atoms with E-state index in [1.54, 1.807) is 18.2 Å². The van der Waals surface area contributed by atoms with Crippen LogP contribution in [0.4, 0.5) is 5.69 Å². The molecular weight excluding hydrogens is 166 g/mol. The quantitative estimate of drug-likeness (QED) is 0.295. The Kier molecular flexibility index (Phi) is 5.14. The van der Waals surface area contributed by atoms with Gasteiger partial charge in [-0.25, -0.2) is 0 Å². The van der Waals surface area contributed by atoms with Crippen LogP contribution >= 0.6 is 12.9 Å². The van der Waals surface area contributed by atoms with Crippen molar-refractivity contribution in [3.05, 3.63) is 40.4 Å². The first-order valence-corrected chi connectivity index (χ1v) is 3.10. The zero-order chi connectivity index (χ0) is 8.69. The van der Waals surface area contributed by atoms with Gasteiger partial charge in [0.1, 0.15) is 0 Å². The van der Waals surface area contributed by atoms with Gasteiger partial charge in [0.05, 0.1) is 4.92 Å². The van der Waals surface area contributed by atoms with E-state index < -0.39 is 4.92 Å². The first-order valence-electron chi connectivity index (χ1n) is 2.70. The minimum Gasteiger partial charge on any atom is -0.333 e. The van der Waals surface area contributed by atoms with E-state index in [1.807, 2.05) is 0 Å². The number of rotatable bonds is 1. The number of benzene rings is 1. The molecule has 5 heteroatoms. The van der Waals surface area contributed by atoms with Crippen LogP contribution in [0.3, 0.4) is 0 Å². The fourth-order valence-corrected chi connectivity index (χ4v) is 0.550. The molecule has 0 atom stereocenters. The molecule has 0 saturated heterocycles. The highest BCUT2D eigenvalue weighted by atomic mass is 32.1. The van der Waals surface area contributed by atoms with Crippen molar-refractivity contribution >= 4 is 18.6 Å². The molecule has 1 rings (SSSR count). The van der Waals surface area contributed by atoms with Crippen LogP contribution in [0.1, 0.15) is 0 Å². The van der Waals surface area contributed by atoms with Crippen molar-refractivity contribution in [2.24, 2.45) is 0 Å². The lowest BCUT2D eigenvalue weighted by molar-refractivity contribution is -0.384. The average molecular weight is 173 g/mol. The maximum absolute atomic E-state index is 10.0. The summed E-state index contributed by atoms with van der Waals surface area (Å²) in [5.74, 6) is 0. The summed E-state index contributed by atoms with van der Waals surface area (Å²) in [5, 5.41) is 10.0. The van der Waals surface area contributed by atoms with E-state index in [9.17, 15) is 10.1 Å². The Hall–Kier alpha value is -1.07. The van der Waals surface area contributed by atoms with Gasteiger partial charge in [-0.3, -0.25) is 10.1 Å². The van der Waals surface area contributed by atoms with E-state index in [0.29, 0.717) is 0 Å². The second-order valence-electron chi connectivity index (χ2n) is 1.59. The predicted molar refractivity (Wildman–Crippen MR) is 44.7 cm³/mol.